The minimum Gasteiger partial charge on any atom is -0.496 e. The van der Waals surface area contributed by atoms with Crippen LogP contribution in [0.5, 0.6) is 5.75 Å². The highest BCUT2D eigenvalue weighted by Gasteiger charge is 2.09. The van der Waals surface area contributed by atoms with Gasteiger partial charge in [-0.1, -0.05) is 56.7 Å². The zero-order valence-electron chi connectivity index (χ0n) is 13.0. The van der Waals surface area contributed by atoms with Gasteiger partial charge in [0.05, 0.1) is 7.11 Å². The molecule has 1 N–H and O–H groups in total. The highest BCUT2D eigenvalue weighted by Crippen LogP contribution is 2.26. The van der Waals surface area contributed by atoms with E-state index in [0.29, 0.717) is 6.04 Å². The third kappa shape index (κ3) is 6.15. The van der Waals surface area contributed by atoms with E-state index in [1.165, 1.54) is 38.5 Å². The number of benzene rings is 1. The zero-order chi connectivity index (χ0) is 14.8. The first kappa shape index (κ1) is 17.3. The van der Waals surface area contributed by atoms with Crippen molar-refractivity contribution in [1.29, 1.82) is 0 Å². The summed E-state index contributed by atoms with van der Waals surface area (Å²) in [5.41, 5.74) is 1.05. The van der Waals surface area contributed by atoms with Gasteiger partial charge in [0.2, 0.25) is 0 Å². The summed E-state index contributed by atoms with van der Waals surface area (Å²) >= 11 is 6.23. The molecule has 0 heterocycles. The monoisotopic (exact) mass is 297 g/mol. The summed E-state index contributed by atoms with van der Waals surface area (Å²) in [4.78, 5) is 0. The highest BCUT2D eigenvalue weighted by atomic mass is 35.5. The van der Waals surface area contributed by atoms with Crippen LogP contribution in [-0.4, -0.2) is 13.2 Å². The molecule has 3 heteroatoms. The first-order valence-electron chi connectivity index (χ1n) is 7.73. The summed E-state index contributed by atoms with van der Waals surface area (Å²) in [6.07, 6.45) is 7.89. The zero-order valence-corrected chi connectivity index (χ0v) is 13.8. The first-order valence-corrected chi connectivity index (χ1v) is 8.11. The lowest BCUT2D eigenvalue weighted by Gasteiger charge is -2.16. The van der Waals surface area contributed by atoms with E-state index >= 15 is 0 Å². The second-order valence-electron chi connectivity index (χ2n) is 5.41. The molecule has 0 aliphatic rings. The van der Waals surface area contributed by atoms with E-state index < -0.39 is 0 Å². The van der Waals surface area contributed by atoms with Crippen molar-refractivity contribution in [3.63, 3.8) is 0 Å². The number of hydrogen-bond acceptors (Lipinski definition) is 2. The van der Waals surface area contributed by atoms with Gasteiger partial charge in [-0.3, -0.25) is 0 Å². The molecule has 0 saturated heterocycles. The molecule has 0 spiro atoms. The van der Waals surface area contributed by atoms with Gasteiger partial charge in [0.15, 0.2) is 0 Å². The standard InChI is InChI=1S/C17H28ClNO/c1-4-5-6-7-8-10-14(2)19-13-15-16(18)11-9-12-17(15)20-3/h9,11-12,14,19H,4-8,10,13H2,1-3H3. The van der Waals surface area contributed by atoms with Crippen molar-refractivity contribution in [2.45, 2.75) is 65.0 Å². The van der Waals surface area contributed by atoms with Crippen LogP contribution < -0.4 is 10.1 Å². The van der Waals surface area contributed by atoms with Gasteiger partial charge < -0.3 is 10.1 Å². The summed E-state index contributed by atoms with van der Waals surface area (Å²) < 4.78 is 5.36. The van der Waals surface area contributed by atoms with Crippen LogP contribution in [0.2, 0.25) is 5.02 Å². The minimum absolute atomic E-state index is 0.512. The molecule has 1 rings (SSSR count). The number of nitrogens with one attached hydrogen (secondary N) is 1. The van der Waals surface area contributed by atoms with Crippen LogP contribution in [0.4, 0.5) is 0 Å². The van der Waals surface area contributed by atoms with Gasteiger partial charge in [-0.05, 0) is 25.5 Å². The average Bonchev–Trinajstić information content (AvgIpc) is 2.45. The van der Waals surface area contributed by atoms with Crippen molar-refractivity contribution < 1.29 is 4.74 Å². The number of unbranched alkanes of at least 4 members (excludes halogenated alkanes) is 4. The van der Waals surface area contributed by atoms with Crippen LogP contribution in [0.15, 0.2) is 18.2 Å². The number of ether oxygens (including phenoxy) is 1. The SMILES string of the molecule is CCCCCCCC(C)NCc1c(Cl)cccc1OC. The van der Waals surface area contributed by atoms with Crippen molar-refractivity contribution in [3.05, 3.63) is 28.8 Å². The molecule has 0 aliphatic heterocycles. The maximum Gasteiger partial charge on any atom is 0.124 e. The molecule has 1 aromatic carbocycles. The lowest BCUT2D eigenvalue weighted by atomic mass is 10.1. The van der Waals surface area contributed by atoms with Gasteiger partial charge in [-0.25, -0.2) is 0 Å². The Labute approximate surface area is 128 Å². The van der Waals surface area contributed by atoms with Gasteiger partial charge in [-0.15, -0.1) is 0 Å². The van der Waals surface area contributed by atoms with Crippen LogP contribution in [0.25, 0.3) is 0 Å². The second-order valence-corrected chi connectivity index (χ2v) is 5.81. The van der Waals surface area contributed by atoms with E-state index in [0.717, 1.165) is 22.9 Å². The van der Waals surface area contributed by atoms with Gasteiger partial charge in [0, 0.05) is 23.2 Å². The Balaban J connectivity index is 2.32. The molecule has 1 unspecified atom stereocenters. The Morgan fingerprint density at radius 3 is 2.65 bits per heavy atom. The summed E-state index contributed by atoms with van der Waals surface area (Å²) in [6.45, 7) is 5.25. The Kier molecular flexibility index (Phi) is 8.72. The van der Waals surface area contributed by atoms with E-state index in [2.05, 4.69) is 19.2 Å². The fraction of sp³-hybridized carbons (Fsp3) is 0.647. The maximum atomic E-state index is 6.23. The fourth-order valence-corrected chi connectivity index (χ4v) is 2.57. The van der Waals surface area contributed by atoms with Crippen molar-refractivity contribution in [3.8, 4) is 5.75 Å². The number of rotatable bonds is 10. The molecule has 0 aliphatic carbocycles. The van der Waals surface area contributed by atoms with Crippen molar-refractivity contribution >= 4 is 11.6 Å². The predicted octanol–water partition coefficient (Wildman–Crippen LogP) is 5.19. The molecule has 0 saturated carbocycles. The lowest BCUT2D eigenvalue weighted by molar-refractivity contribution is 0.404. The lowest BCUT2D eigenvalue weighted by Crippen LogP contribution is -2.25. The third-order valence-corrected chi connectivity index (χ3v) is 4.02. The Bertz CT molecular complexity index is 381. The third-order valence-electron chi connectivity index (χ3n) is 3.66. The topological polar surface area (TPSA) is 21.3 Å². The minimum atomic E-state index is 0.512. The van der Waals surface area contributed by atoms with E-state index in [9.17, 15) is 0 Å². The van der Waals surface area contributed by atoms with E-state index in [-0.39, 0.29) is 0 Å². The van der Waals surface area contributed by atoms with Gasteiger partial charge in [0.1, 0.15) is 5.75 Å². The Morgan fingerprint density at radius 2 is 1.95 bits per heavy atom. The molecule has 20 heavy (non-hydrogen) atoms. The molecule has 1 aromatic rings. The molecular weight excluding hydrogens is 270 g/mol. The smallest absolute Gasteiger partial charge is 0.124 e. The number of halogens is 1. The fourth-order valence-electron chi connectivity index (χ4n) is 2.33. The summed E-state index contributed by atoms with van der Waals surface area (Å²) in [5.74, 6) is 0.861. The predicted molar refractivity (Wildman–Crippen MR) is 87.7 cm³/mol. The van der Waals surface area contributed by atoms with Crippen LogP contribution >= 0.6 is 11.6 Å². The maximum absolute atomic E-state index is 6.23. The van der Waals surface area contributed by atoms with E-state index in [1.54, 1.807) is 7.11 Å². The number of methoxy groups -OCH3 is 1. The summed E-state index contributed by atoms with van der Waals surface area (Å²) in [5, 5.41) is 4.31. The van der Waals surface area contributed by atoms with Gasteiger partial charge >= 0.3 is 0 Å². The van der Waals surface area contributed by atoms with Crippen LogP contribution in [0.3, 0.4) is 0 Å². The Morgan fingerprint density at radius 1 is 1.20 bits per heavy atom. The first-order chi connectivity index (χ1) is 9.69. The summed E-state index contributed by atoms with van der Waals surface area (Å²) in [6, 6.07) is 6.30. The van der Waals surface area contributed by atoms with Gasteiger partial charge in [-0.2, -0.15) is 0 Å². The summed E-state index contributed by atoms with van der Waals surface area (Å²) in [7, 11) is 1.69. The molecule has 2 nitrogen and oxygen atoms in total. The van der Waals surface area contributed by atoms with E-state index in [4.69, 9.17) is 16.3 Å². The van der Waals surface area contributed by atoms with Crippen LogP contribution in [0, 0.1) is 0 Å². The molecule has 0 fully saturated rings. The Hall–Kier alpha value is -0.730. The number of hydrogen-bond donors (Lipinski definition) is 1. The second kappa shape index (κ2) is 10.1. The average molecular weight is 298 g/mol. The van der Waals surface area contributed by atoms with Crippen LogP contribution in [-0.2, 0) is 6.54 Å². The van der Waals surface area contributed by atoms with E-state index in [1.807, 2.05) is 18.2 Å². The van der Waals surface area contributed by atoms with Crippen molar-refractivity contribution in [2.24, 2.45) is 0 Å². The van der Waals surface area contributed by atoms with Crippen molar-refractivity contribution in [1.82, 2.24) is 5.32 Å². The molecular formula is C17H28ClNO. The van der Waals surface area contributed by atoms with Crippen LogP contribution in [0.1, 0.15) is 57.9 Å². The largest absolute Gasteiger partial charge is 0.496 e. The highest BCUT2D eigenvalue weighted by molar-refractivity contribution is 6.31. The normalized spacial score (nSPS) is 12.4. The molecule has 0 radical (unpaired) electrons. The quantitative estimate of drug-likeness (QED) is 0.600. The molecule has 0 aromatic heterocycles. The molecule has 114 valence electrons. The van der Waals surface area contributed by atoms with Gasteiger partial charge in [0.25, 0.3) is 0 Å². The molecule has 0 bridgehead atoms. The molecule has 1 atom stereocenters. The molecule has 0 amide bonds. The van der Waals surface area contributed by atoms with Crippen molar-refractivity contribution in [2.75, 3.05) is 7.11 Å².